The van der Waals surface area contributed by atoms with Crippen molar-refractivity contribution in [2.75, 3.05) is 7.05 Å². The van der Waals surface area contributed by atoms with E-state index in [0.717, 1.165) is 11.6 Å². The molecule has 0 aliphatic rings. The van der Waals surface area contributed by atoms with Crippen LogP contribution >= 0.6 is 11.6 Å². The Morgan fingerprint density at radius 2 is 1.91 bits per heavy atom. The van der Waals surface area contributed by atoms with Crippen LogP contribution in [-0.4, -0.2) is 11.9 Å². The SMILES string of the molecule is [CH2]N(C)Cc1ccc(Cl)cc1. The molecule has 59 valence electrons. The van der Waals surface area contributed by atoms with Gasteiger partial charge in [-0.3, -0.25) is 0 Å². The van der Waals surface area contributed by atoms with Crippen molar-refractivity contribution in [1.29, 1.82) is 0 Å². The molecular weight excluding hydrogens is 158 g/mol. The second-order valence-corrected chi connectivity index (χ2v) is 3.08. The highest BCUT2D eigenvalue weighted by molar-refractivity contribution is 6.30. The largest absolute Gasteiger partial charge is 0.301 e. The molecule has 0 amide bonds. The summed E-state index contributed by atoms with van der Waals surface area (Å²) in [5, 5.41) is 0.778. The monoisotopic (exact) mass is 168 g/mol. The van der Waals surface area contributed by atoms with Gasteiger partial charge in [-0.15, -0.1) is 0 Å². The Labute approximate surface area is 72.6 Å². The summed E-state index contributed by atoms with van der Waals surface area (Å²) in [6, 6.07) is 7.79. The minimum absolute atomic E-state index is 0.778. The average Bonchev–Trinajstić information content (AvgIpc) is 1.93. The number of hydrogen-bond donors (Lipinski definition) is 0. The van der Waals surface area contributed by atoms with E-state index < -0.39 is 0 Å². The van der Waals surface area contributed by atoms with E-state index in [2.05, 4.69) is 7.05 Å². The zero-order valence-electron chi connectivity index (χ0n) is 6.55. The van der Waals surface area contributed by atoms with E-state index in [0.29, 0.717) is 0 Å². The Hall–Kier alpha value is -0.530. The first-order valence-electron chi connectivity index (χ1n) is 3.44. The lowest BCUT2D eigenvalue weighted by molar-refractivity contribution is 0.445. The molecule has 0 spiro atoms. The normalized spacial score (nSPS) is 10.5. The molecule has 0 bridgehead atoms. The molecule has 0 heterocycles. The smallest absolute Gasteiger partial charge is 0.0406 e. The quantitative estimate of drug-likeness (QED) is 0.656. The first kappa shape index (κ1) is 8.57. The minimum atomic E-state index is 0.778. The number of rotatable bonds is 2. The van der Waals surface area contributed by atoms with Crippen LogP contribution in [0.5, 0.6) is 0 Å². The van der Waals surface area contributed by atoms with Crippen LogP contribution in [0.15, 0.2) is 24.3 Å². The average molecular weight is 169 g/mol. The second kappa shape index (κ2) is 3.74. The van der Waals surface area contributed by atoms with E-state index in [-0.39, 0.29) is 0 Å². The maximum absolute atomic E-state index is 5.72. The first-order chi connectivity index (χ1) is 5.18. The third kappa shape index (κ3) is 2.91. The number of hydrogen-bond acceptors (Lipinski definition) is 1. The van der Waals surface area contributed by atoms with Gasteiger partial charge >= 0.3 is 0 Å². The van der Waals surface area contributed by atoms with Gasteiger partial charge in [-0.25, -0.2) is 0 Å². The lowest BCUT2D eigenvalue weighted by Crippen LogP contribution is -2.07. The molecule has 0 N–H and O–H groups in total. The van der Waals surface area contributed by atoms with Gasteiger partial charge in [0.2, 0.25) is 0 Å². The zero-order chi connectivity index (χ0) is 8.27. The van der Waals surface area contributed by atoms with Crippen molar-refractivity contribution in [3.8, 4) is 0 Å². The molecule has 2 heteroatoms. The molecule has 1 nitrogen and oxygen atoms in total. The fraction of sp³-hybridized carbons (Fsp3) is 0.222. The number of halogens is 1. The van der Waals surface area contributed by atoms with Crippen LogP contribution in [0.1, 0.15) is 5.56 Å². The van der Waals surface area contributed by atoms with Crippen molar-refractivity contribution in [2.24, 2.45) is 0 Å². The fourth-order valence-electron chi connectivity index (χ4n) is 0.901. The molecule has 1 aromatic carbocycles. The van der Waals surface area contributed by atoms with E-state index in [1.54, 1.807) is 0 Å². The first-order valence-corrected chi connectivity index (χ1v) is 3.82. The van der Waals surface area contributed by atoms with Gasteiger partial charge in [0.1, 0.15) is 0 Å². The Balaban J connectivity index is 2.66. The molecule has 0 fully saturated rings. The van der Waals surface area contributed by atoms with Gasteiger partial charge in [-0.2, -0.15) is 0 Å². The predicted molar refractivity (Wildman–Crippen MR) is 48.3 cm³/mol. The summed E-state index contributed by atoms with van der Waals surface area (Å²) < 4.78 is 0. The van der Waals surface area contributed by atoms with Crippen LogP contribution < -0.4 is 0 Å². The zero-order valence-corrected chi connectivity index (χ0v) is 7.30. The molecular formula is C9H11ClN. The van der Waals surface area contributed by atoms with Gasteiger partial charge in [-0.1, -0.05) is 23.7 Å². The lowest BCUT2D eigenvalue weighted by atomic mass is 10.2. The van der Waals surface area contributed by atoms with E-state index in [4.69, 9.17) is 11.6 Å². The van der Waals surface area contributed by atoms with Crippen LogP contribution in [0, 0.1) is 7.05 Å². The van der Waals surface area contributed by atoms with Crippen LogP contribution in [0.25, 0.3) is 0 Å². The summed E-state index contributed by atoms with van der Waals surface area (Å²) in [4.78, 5) is 1.88. The number of nitrogens with zero attached hydrogens (tertiary/aromatic N) is 1. The Morgan fingerprint density at radius 1 is 1.36 bits per heavy atom. The van der Waals surface area contributed by atoms with Crippen LogP contribution in [-0.2, 0) is 6.54 Å². The minimum Gasteiger partial charge on any atom is -0.301 e. The molecule has 0 aliphatic carbocycles. The number of benzene rings is 1. The third-order valence-corrected chi connectivity index (χ3v) is 1.62. The van der Waals surface area contributed by atoms with Crippen molar-refractivity contribution in [2.45, 2.75) is 6.54 Å². The van der Waals surface area contributed by atoms with E-state index in [1.165, 1.54) is 5.56 Å². The molecule has 0 saturated heterocycles. The van der Waals surface area contributed by atoms with Gasteiger partial charge in [0.15, 0.2) is 0 Å². The van der Waals surface area contributed by atoms with Gasteiger partial charge in [0.25, 0.3) is 0 Å². The van der Waals surface area contributed by atoms with Gasteiger partial charge in [-0.05, 0) is 24.7 Å². The molecule has 0 aromatic heterocycles. The Morgan fingerprint density at radius 3 is 2.36 bits per heavy atom. The van der Waals surface area contributed by atoms with Crippen LogP contribution in [0.3, 0.4) is 0 Å². The highest BCUT2D eigenvalue weighted by Crippen LogP contribution is 2.10. The maximum Gasteiger partial charge on any atom is 0.0406 e. The van der Waals surface area contributed by atoms with Crippen molar-refractivity contribution >= 4 is 11.6 Å². The highest BCUT2D eigenvalue weighted by Gasteiger charge is 1.93. The summed E-state index contributed by atoms with van der Waals surface area (Å²) in [6.07, 6.45) is 0. The van der Waals surface area contributed by atoms with Gasteiger partial charge in [0.05, 0.1) is 0 Å². The van der Waals surface area contributed by atoms with E-state index in [9.17, 15) is 0 Å². The van der Waals surface area contributed by atoms with Crippen molar-refractivity contribution in [3.63, 3.8) is 0 Å². The fourth-order valence-corrected chi connectivity index (χ4v) is 1.03. The van der Waals surface area contributed by atoms with Crippen LogP contribution in [0.4, 0.5) is 0 Å². The molecule has 0 saturated carbocycles. The topological polar surface area (TPSA) is 3.24 Å². The second-order valence-electron chi connectivity index (χ2n) is 2.64. The van der Waals surface area contributed by atoms with Crippen molar-refractivity contribution in [1.82, 2.24) is 4.90 Å². The summed E-state index contributed by atoms with van der Waals surface area (Å²) in [5.41, 5.74) is 1.23. The lowest BCUT2D eigenvalue weighted by Gasteiger charge is -2.08. The summed E-state index contributed by atoms with van der Waals surface area (Å²) >= 11 is 5.72. The summed E-state index contributed by atoms with van der Waals surface area (Å²) in [6.45, 7) is 0.858. The van der Waals surface area contributed by atoms with Crippen molar-refractivity contribution in [3.05, 3.63) is 41.9 Å². The molecule has 0 atom stereocenters. The maximum atomic E-state index is 5.72. The summed E-state index contributed by atoms with van der Waals surface area (Å²) in [5.74, 6) is 0. The van der Waals surface area contributed by atoms with Gasteiger partial charge in [0, 0.05) is 18.6 Å². The summed E-state index contributed by atoms with van der Waals surface area (Å²) in [7, 11) is 5.70. The standard InChI is InChI=1S/C9H11ClN/c1-11(2)7-8-3-5-9(10)6-4-8/h3-6H,1,7H2,2H3. The molecule has 1 radical (unpaired) electrons. The molecule has 0 unspecified atom stereocenters. The highest BCUT2D eigenvalue weighted by atomic mass is 35.5. The van der Waals surface area contributed by atoms with Crippen molar-refractivity contribution < 1.29 is 0 Å². The predicted octanol–water partition coefficient (Wildman–Crippen LogP) is 2.56. The van der Waals surface area contributed by atoms with Crippen LogP contribution in [0.2, 0.25) is 5.02 Å². The van der Waals surface area contributed by atoms with Gasteiger partial charge < -0.3 is 4.90 Å². The third-order valence-electron chi connectivity index (χ3n) is 1.37. The van der Waals surface area contributed by atoms with E-state index in [1.807, 2.05) is 36.2 Å². The molecule has 0 aliphatic heterocycles. The molecule has 1 aromatic rings. The molecule has 1 rings (SSSR count). The van der Waals surface area contributed by atoms with E-state index >= 15 is 0 Å². The Kier molecular flexibility index (Phi) is 2.92. The Bertz CT molecular complexity index is 216. The molecule has 11 heavy (non-hydrogen) atoms.